The third kappa shape index (κ3) is 4.62. The fourth-order valence-corrected chi connectivity index (χ4v) is 1.64. The van der Waals surface area contributed by atoms with Gasteiger partial charge in [0, 0.05) is 5.69 Å². The highest BCUT2D eigenvalue weighted by molar-refractivity contribution is 6.01. The van der Waals surface area contributed by atoms with Crippen molar-refractivity contribution in [3.63, 3.8) is 0 Å². The molecule has 5 nitrogen and oxygen atoms in total. The number of aryl methyl sites for hydroxylation is 2. The molecule has 0 radical (unpaired) electrons. The minimum Gasteiger partial charge on any atom is -0.369 e. The van der Waals surface area contributed by atoms with Crippen molar-refractivity contribution in [3.05, 3.63) is 29.3 Å². The van der Waals surface area contributed by atoms with Crippen molar-refractivity contribution in [2.24, 2.45) is 21.5 Å². The molecule has 19 heavy (non-hydrogen) atoms. The Morgan fingerprint density at radius 2 is 1.84 bits per heavy atom. The molecular formula is C14H23N5. The molecule has 104 valence electrons. The largest absolute Gasteiger partial charge is 0.369 e. The summed E-state index contributed by atoms with van der Waals surface area (Å²) in [6.45, 7) is 8.05. The first-order valence-electron chi connectivity index (χ1n) is 6.44. The van der Waals surface area contributed by atoms with Gasteiger partial charge in [-0.1, -0.05) is 25.1 Å². The Kier molecular flexibility index (Phi) is 5.36. The van der Waals surface area contributed by atoms with Crippen LogP contribution in [0.25, 0.3) is 0 Å². The molecule has 0 saturated heterocycles. The Hall–Kier alpha value is -2.04. The second-order valence-corrected chi connectivity index (χ2v) is 4.63. The average molecular weight is 261 g/mol. The fourth-order valence-electron chi connectivity index (χ4n) is 1.64. The predicted octanol–water partition coefficient (Wildman–Crippen LogP) is 2.14. The van der Waals surface area contributed by atoms with Crippen LogP contribution in [0.2, 0.25) is 0 Å². The zero-order valence-corrected chi connectivity index (χ0v) is 12.1. The van der Waals surface area contributed by atoms with Crippen LogP contribution in [-0.2, 0) is 0 Å². The van der Waals surface area contributed by atoms with Gasteiger partial charge in [-0.05, 0) is 38.3 Å². The number of nitrogens with two attached hydrogens (primary N) is 2. The Balaban J connectivity index is 2.85. The maximum absolute atomic E-state index is 5.84. The summed E-state index contributed by atoms with van der Waals surface area (Å²) in [5.74, 6) is 0.451. The summed E-state index contributed by atoms with van der Waals surface area (Å²) in [5.41, 5.74) is 14.7. The van der Waals surface area contributed by atoms with E-state index in [1.165, 1.54) is 0 Å². The van der Waals surface area contributed by atoms with Crippen LogP contribution in [-0.4, -0.2) is 18.0 Å². The minimum atomic E-state index is 0.150. The lowest BCUT2D eigenvalue weighted by molar-refractivity contribution is 0.715. The average Bonchev–Trinajstić information content (AvgIpc) is 2.33. The summed E-state index contributed by atoms with van der Waals surface area (Å²) in [4.78, 5) is 8.26. The summed E-state index contributed by atoms with van der Waals surface area (Å²) in [6, 6.07) is 6.18. The Labute approximate surface area is 114 Å². The molecule has 0 aliphatic heterocycles. The maximum atomic E-state index is 5.84. The van der Waals surface area contributed by atoms with Crippen LogP contribution in [0.4, 0.5) is 5.69 Å². The van der Waals surface area contributed by atoms with Gasteiger partial charge in [0.05, 0.1) is 6.04 Å². The number of aliphatic imine (C=N–C) groups is 2. The number of hydrogen-bond donors (Lipinski definition) is 3. The number of nitrogens with one attached hydrogen (secondary N) is 1. The number of hydrogen-bond acceptors (Lipinski definition) is 1. The molecule has 5 heteroatoms. The second kappa shape index (κ2) is 6.78. The van der Waals surface area contributed by atoms with Gasteiger partial charge in [0.1, 0.15) is 0 Å². The predicted molar refractivity (Wildman–Crippen MR) is 82.5 cm³/mol. The number of rotatable bonds is 3. The molecule has 0 aliphatic carbocycles. The molecule has 0 fully saturated rings. The van der Waals surface area contributed by atoms with Crippen LogP contribution in [0, 0.1) is 13.8 Å². The van der Waals surface area contributed by atoms with Gasteiger partial charge in [-0.15, -0.1) is 0 Å². The van der Waals surface area contributed by atoms with Gasteiger partial charge in [-0.3, -0.25) is 0 Å². The molecule has 1 aromatic carbocycles. The molecule has 1 rings (SSSR count). The van der Waals surface area contributed by atoms with Crippen LogP contribution in [0.15, 0.2) is 28.2 Å². The summed E-state index contributed by atoms with van der Waals surface area (Å²) < 4.78 is 0. The molecule has 0 bridgehead atoms. The first-order valence-corrected chi connectivity index (χ1v) is 6.44. The molecule has 0 aliphatic rings. The van der Waals surface area contributed by atoms with Crippen molar-refractivity contribution in [1.82, 2.24) is 0 Å². The van der Waals surface area contributed by atoms with Crippen LogP contribution < -0.4 is 16.8 Å². The molecule has 0 spiro atoms. The monoisotopic (exact) mass is 261 g/mol. The lowest BCUT2D eigenvalue weighted by Crippen LogP contribution is -2.27. The van der Waals surface area contributed by atoms with E-state index >= 15 is 0 Å². The Morgan fingerprint density at radius 3 is 2.37 bits per heavy atom. The highest BCUT2D eigenvalue weighted by Crippen LogP contribution is 2.18. The Morgan fingerprint density at radius 1 is 1.26 bits per heavy atom. The van der Waals surface area contributed by atoms with Gasteiger partial charge in [-0.25, -0.2) is 4.99 Å². The van der Waals surface area contributed by atoms with Crippen molar-refractivity contribution in [1.29, 1.82) is 0 Å². The van der Waals surface area contributed by atoms with Crippen LogP contribution >= 0.6 is 0 Å². The minimum absolute atomic E-state index is 0.150. The van der Waals surface area contributed by atoms with Gasteiger partial charge in [-0.2, -0.15) is 4.99 Å². The lowest BCUT2D eigenvalue weighted by Gasteiger charge is -2.11. The quantitative estimate of drug-likeness (QED) is 0.575. The molecule has 0 saturated carbocycles. The van der Waals surface area contributed by atoms with Crippen molar-refractivity contribution in [2.75, 3.05) is 5.32 Å². The summed E-state index contributed by atoms with van der Waals surface area (Å²) in [7, 11) is 0. The molecule has 0 heterocycles. The zero-order valence-electron chi connectivity index (χ0n) is 12.1. The second-order valence-electron chi connectivity index (χ2n) is 4.63. The van der Waals surface area contributed by atoms with Crippen molar-refractivity contribution in [2.45, 2.75) is 40.2 Å². The smallest absolute Gasteiger partial charge is 0.218 e. The molecule has 1 unspecified atom stereocenters. The van der Waals surface area contributed by atoms with E-state index in [2.05, 4.69) is 15.3 Å². The SMILES string of the molecule is CCC(C)N=C(N)N=C(N)Nc1c(C)cccc1C. The lowest BCUT2D eigenvalue weighted by atomic mass is 10.1. The van der Waals surface area contributed by atoms with Gasteiger partial charge < -0.3 is 16.8 Å². The van der Waals surface area contributed by atoms with Crippen LogP contribution in [0.5, 0.6) is 0 Å². The van der Waals surface area contributed by atoms with Crippen molar-refractivity contribution >= 4 is 17.6 Å². The van der Waals surface area contributed by atoms with E-state index in [0.29, 0.717) is 0 Å². The standard InChI is InChI=1S/C14H23N5/c1-5-11(4)17-13(15)19-14(16)18-12-9(2)7-6-8-10(12)3/h6-8,11H,5H2,1-4H3,(H5,15,16,17,18,19). The van der Waals surface area contributed by atoms with Gasteiger partial charge >= 0.3 is 0 Å². The fraction of sp³-hybridized carbons (Fsp3) is 0.429. The molecule has 1 aromatic rings. The molecule has 0 aromatic heterocycles. The first kappa shape index (κ1) is 15.0. The maximum Gasteiger partial charge on any atom is 0.218 e. The first-order chi connectivity index (χ1) is 8.93. The van der Waals surface area contributed by atoms with Gasteiger partial charge in [0.15, 0.2) is 0 Å². The number of nitrogens with zero attached hydrogens (tertiary/aromatic N) is 2. The van der Waals surface area contributed by atoms with E-state index in [0.717, 1.165) is 23.2 Å². The van der Waals surface area contributed by atoms with E-state index in [4.69, 9.17) is 11.5 Å². The Bertz CT molecular complexity index is 470. The molecule has 1 atom stereocenters. The van der Waals surface area contributed by atoms with E-state index in [9.17, 15) is 0 Å². The van der Waals surface area contributed by atoms with E-state index in [1.807, 2.05) is 45.9 Å². The number of anilines is 1. The number of guanidine groups is 2. The number of para-hydroxylation sites is 1. The van der Waals surface area contributed by atoms with Gasteiger partial charge in [0.25, 0.3) is 0 Å². The summed E-state index contributed by atoms with van der Waals surface area (Å²) in [6.07, 6.45) is 0.917. The molecule has 5 N–H and O–H groups in total. The van der Waals surface area contributed by atoms with Gasteiger partial charge in [0.2, 0.25) is 11.9 Å². The third-order valence-electron chi connectivity index (χ3n) is 2.91. The summed E-state index contributed by atoms with van der Waals surface area (Å²) >= 11 is 0. The van der Waals surface area contributed by atoms with Crippen LogP contribution in [0.1, 0.15) is 31.4 Å². The van der Waals surface area contributed by atoms with Crippen LogP contribution in [0.3, 0.4) is 0 Å². The van der Waals surface area contributed by atoms with Crippen molar-refractivity contribution in [3.8, 4) is 0 Å². The normalized spacial score (nSPS) is 14.3. The van der Waals surface area contributed by atoms with E-state index < -0.39 is 0 Å². The van der Waals surface area contributed by atoms with Crippen molar-refractivity contribution < 1.29 is 0 Å². The van der Waals surface area contributed by atoms with E-state index in [1.54, 1.807) is 0 Å². The number of benzene rings is 1. The summed E-state index contributed by atoms with van der Waals surface area (Å²) in [5, 5.41) is 3.07. The highest BCUT2D eigenvalue weighted by atomic mass is 15.2. The topological polar surface area (TPSA) is 88.8 Å². The van der Waals surface area contributed by atoms with E-state index in [-0.39, 0.29) is 18.0 Å². The molecular weight excluding hydrogens is 238 g/mol. The third-order valence-corrected chi connectivity index (χ3v) is 2.91. The highest BCUT2D eigenvalue weighted by Gasteiger charge is 2.03. The molecule has 0 amide bonds. The zero-order chi connectivity index (χ0) is 14.4.